The van der Waals surface area contributed by atoms with E-state index in [9.17, 15) is 9.59 Å². The van der Waals surface area contributed by atoms with Crippen molar-refractivity contribution in [3.05, 3.63) is 29.3 Å². The molecule has 1 saturated carbocycles. The number of ether oxygens (including phenoxy) is 4. The number of nitrogens with one attached hydrogen (secondary N) is 1. The summed E-state index contributed by atoms with van der Waals surface area (Å²) in [5.41, 5.74) is 0.297. The second-order valence-corrected chi connectivity index (χ2v) is 6.61. The van der Waals surface area contributed by atoms with Gasteiger partial charge in [0.05, 0.1) is 37.6 Å². The van der Waals surface area contributed by atoms with Crippen molar-refractivity contribution in [3.8, 4) is 5.75 Å². The first-order chi connectivity index (χ1) is 12.6. The third-order valence-electron chi connectivity index (χ3n) is 4.83. The van der Waals surface area contributed by atoms with Gasteiger partial charge >= 0.3 is 11.9 Å². The van der Waals surface area contributed by atoms with E-state index >= 15 is 0 Å². The Kier molecular flexibility index (Phi) is 6.11. The third kappa shape index (κ3) is 4.34. The van der Waals surface area contributed by atoms with E-state index in [2.05, 4.69) is 5.32 Å². The predicted octanol–water partition coefficient (Wildman–Crippen LogP) is 1.94. The average Bonchev–Trinajstić information content (AvgIpc) is 2.65. The fourth-order valence-corrected chi connectivity index (χ4v) is 3.28. The van der Waals surface area contributed by atoms with Crippen LogP contribution in [0.2, 0.25) is 0 Å². The molecule has 0 amide bonds. The molecule has 0 unspecified atom stereocenters. The second-order valence-electron chi connectivity index (χ2n) is 6.61. The lowest BCUT2D eigenvalue weighted by Crippen LogP contribution is -2.43. The molecule has 1 aromatic carbocycles. The Balaban J connectivity index is 1.57. The van der Waals surface area contributed by atoms with Crippen LogP contribution >= 0.6 is 0 Å². The molecule has 2 fully saturated rings. The molecule has 7 nitrogen and oxygen atoms in total. The Morgan fingerprint density at radius 3 is 2.23 bits per heavy atom. The van der Waals surface area contributed by atoms with Crippen LogP contribution in [0.25, 0.3) is 0 Å². The van der Waals surface area contributed by atoms with Gasteiger partial charge in [-0.3, -0.25) is 0 Å². The van der Waals surface area contributed by atoms with Crippen molar-refractivity contribution in [3.63, 3.8) is 0 Å². The van der Waals surface area contributed by atoms with Crippen molar-refractivity contribution in [1.29, 1.82) is 0 Å². The van der Waals surface area contributed by atoms with Crippen LogP contribution in [0.5, 0.6) is 5.75 Å². The van der Waals surface area contributed by atoms with Gasteiger partial charge in [0.25, 0.3) is 0 Å². The molecule has 1 heterocycles. The van der Waals surface area contributed by atoms with E-state index < -0.39 is 11.9 Å². The smallest absolute Gasteiger partial charge is 0.338 e. The lowest BCUT2D eigenvalue weighted by atomic mass is 9.91. The molecule has 7 heteroatoms. The summed E-state index contributed by atoms with van der Waals surface area (Å²) in [5.74, 6) is -0.657. The Morgan fingerprint density at radius 1 is 0.923 bits per heavy atom. The lowest BCUT2D eigenvalue weighted by molar-refractivity contribution is -0.103. The van der Waals surface area contributed by atoms with E-state index in [0.29, 0.717) is 11.9 Å². The van der Waals surface area contributed by atoms with Gasteiger partial charge < -0.3 is 24.3 Å². The zero-order valence-corrected chi connectivity index (χ0v) is 15.2. The zero-order chi connectivity index (χ0) is 18.5. The summed E-state index contributed by atoms with van der Waals surface area (Å²) in [5, 5.41) is 3.33. The van der Waals surface area contributed by atoms with Crippen LogP contribution in [0.3, 0.4) is 0 Å². The van der Waals surface area contributed by atoms with E-state index in [4.69, 9.17) is 18.9 Å². The lowest BCUT2D eigenvalue weighted by Gasteiger charge is -2.38. The monoisotopic (exact) mass is 363 g/mol. The van der Waals surface area contributed by atoms with E-state index in [0.717, 1.165) is 38.8 Å². The predicted molar refractivity (Wildman–Crippen MR) is 93.5 cm³/mol. The highest BCUT2D eigenvalue weighted by Crippen LogP contribution is 2.31. The molecule has 0 aromatic heterocycles. The maximum absolute atomic E-state index is 11.9. The van der Waals surface area contributed by atoms with Gasteiger partial charge in [-0.15, -0.1) is 0 Å². The topological polar surface area (TPSA) is 83.1 Å². The first kappa shape index (κ1) is 18.7. The van der Waals surface area contributed by atoms with Gasteiger partial charge in [-0.05, 0) is 44.1 Å². The van der Waals surface area contributed by atoms with Gasteiger partial charge in [-0.2, -0.15) is 0 Å². The molecular formula is C19H25NO6. The van der Waals surface area contributed by atoms with Crippen molar-refractivity contribution >= 4 is 11.9 Å². The molecule has 1 N–H and O–H groups in total. The van der Waals surface area contributed by atoms with Crippen LogP contribution in [0.4, 0.5) is 0 Å². The summed E-state index contributed by atoms with van der Waals surface area (Å²) in [4.78, 5) is 23.7. The molecule has 142 valence electrons. The number of hydrogen-bond acceptors (Lipinski definition) is 7. The fourth-order valence-electron chi connectivity index (χ4n) is 3.28. The number of esters is 2. The van der Waals surface area contributed by atoms with Crippen molar-refractivity contribution < 1.29 is 28.5 Å². The molecule has 0 radical (unpaired) electrons. The zero-order valence-electron chi connectivity index (χ0n) is 15.2. The second kappa shape index (κ2) is 8.51. The van der Waals surface area contributed by atoms with Gasteiger partial charge in [0.1, 0.15) is 11.9 Å². The number of rotatable bonds is 6. The molecular weight excluding hydrogens is 338 g/mol. The van der Waals surface area contributed by atoms with Gasteiger partial charge in [0, 0.05) is 12.8 Å². The van der Waals surface area contributed by atoms with Gasteiger partial charge in [-0.1, -0.05) is 0 Å². The number of piperidine rings is 1. The van der Waals surface area contributed by atoms with E-state index in [-0.39, 0.29) is 23.3 Å². The minimum atomic E-state index is -0.600. The SMILES string of the molecule is COC(=O)c1ccc(OC2CC(OC3CCNCC3)C2)cc1C(=O)OC. The van der Waals surface area contributed by atoms with Crippen LogP contribution in [0.1, 0.15) is 46.4 Å². The molecule has 0 atom stereocenters. The third-order valence-corrected chi connectivity index (χ3v) is 4.83. The summed E-state index contributed by atoms with van der Waals surface area (Å²) in [6, 6.07) is 4.72. The summed E-state index contributed by atoms with van der Waals surface area (Å²) >= 11 is 0. The maximum atomic E-state index is 11.9. The summed E-state index contributed by atoms with van der Waals surface area (Å²) in [6.45, 7) is 2.03. The van der Waals surface area contributed by atoms with Crippen molar-refractivity contribution in [2.24, 2.45) is 0 Å². The van der Waals surface area contributed by atoms with Crippen LogP contribution in [0.15, 0.2) is 18.2 Å². The fraction of sp³-hybridized carbons (Fsp3) is 0.579. The standard InChI is InChI=1S/C19H25NO6/c1-23-18(21)16-4-3-13(11-17(16)19(22)24-2)26-15-9-14(10-15)25-12-5-7-20-8-6-12/h3-4,11-12,14-15,20H,5-10H2,1-2H3. The molecule has 0 bridgehead atoms. The van der Waals surface area contributed by atoms with Crippen molar-refractivity contribution in [2.45, 2.75) is 44.0 Å². The molecule has 0 spiro atoms. The minimum absolute atomic E-state index is 0.0520. The van der Waals surface area contributed by atoms with E-state index in [1.807, 2.05) is 0 Å². The van der Waals surface area contributed by atoms with Gasteiger partial charge in [0.2, 0.25) is 0 Å². The van der Waals surface area contributed by atoms with Crippen molar-refractivity contribution in [2.75, 3.05) is 27.3 Å². The minimum Gasteiger partial charge on any atom is -0.490 e. The Labute approximate surface area is 152 Å². The number of methoxy groups -OCH3 is 2. The number of carbonyl (C=O) groups excluding carboxylic acids is 2. The quantitative estimate of drug-likeness (QED) is 0.773. The molecule has 3 rings (SSSR count). The molecule has 1 saturated heterocycles. The van der Waals surface area contributed by atoms with E-state index in [1.165, 1.54) is 26.4 Å². The van der Waals surface area contributed by atoms with Crippen LogP contribution in [0, 0.1) is 0 Å². The van der Waals surface area contributed by atoms with Crippen LogP contribution < -0.4 is 10.1 Å². The van der Waals surface area contributed by atoms with Gasteiger partial charge in [-0.25, -0.2) is 9.59 Å². The first-order valence-corrected chi connectivity index (χ1v) is 8.94. The molecule has 1 aliphatic heterocycles. The van der Waals surface area contributed by atoms with E-state index in [1.54, 1.807) is 6.07 Å². The van der Waals surface area contributed by atoms with Crippen molar-refractivity contribution in [1.82, 2.24) is 5.32 Å². The maximum Gasteiger partial charge on any atom is 0.338 e. The first-order valence-electron chi connectivity index (χ1n) is 8.94. The molecule has 1 aliphatic carbocycles. The number of benzene rings is 1. The van der Waals surface area contributed by atoms with Crippen LogP contribution in [-0.2, 0) is 14.2 Å². The Bertz CT molecular complexity index is 649. The van der Waals surface area contributed by atoms with Crippen LogP contribution in [-0.4, -0.2) is 57.6 Å². The highest BCUT2D eigenvalue weighted by Gasteiger charge is 2.34. The molecule has 1 aromatic rings. The number of hydrogen-bond donors (Lipinski definition) is 1. The molecule has 2 aliphatic rings. The average molecular weight is 363 g/mol. The molecule has 26 heavy (non-hydrogen) atoms. The Morgan fingerprint density at radius 2 is 1.58 bits per heavy atom. The summed E-state index contributed by atoms with van der Waals surface area (Å²) in [6.07, 6.45) is 4.40. The Hall–Kier alpha value is -2.12. The van der Waals surface area contributed by atoms with Gasteiger partial charge in [0.15, 0.2) is 0 Å². The number of carbonyl (C=O) groups is 2. The summed E-state index contributed by atoms with van der Waals surface area (Å²) in [7, 11) is 2.54. The highest BCUT2D eigenvalue weighted by atomic mass is 16.5. The highest BCUT2D eigenvalue weighted by molar-refractivity contribution is 6.03. The normalized spacial score (nSPS) is 23.0. The largest absolute Gasteiger partial charge is 0.490 e. The summed E-state index contributed by atoms with van der Waals surface area (Å²) < 4.78 is 21.5.